The first-order valence-corrected chi connectivity index (χ1v) is 10.1. The maximum atomic E-state index is 13.3. The molecule has 1 saturated heterocycles. The SMILES string of the molecule is O=C(NCCC(F)(F)F)c1cccc(NC(=O)N2CCC(Oc3cccc(F)c3)CC2)c1. The third-order valence-corrected chi connectivity index (χ3v) is 4.90. The second-order valence-electron chi connectivity index (χ2n) is 7.39. The number of benzene rings is 2. The van der Waals surface area contributed by atoms with E-state index in [2.05, 4.69) is 10.6 Å². The van der Waals surface area contributed by atoms with Crippen LogP contribution in [-0.4, -0.2) is 48.8 Å². The molecular formula is C22H23F4N3O3. The largest absolute Gasteiger partial charge is 0.490 e. The molecule has 3 rings (SSSR count). The Bertz CT molecular complexity index is 944. The normalized spacial score (nSPS) is 14.7. The first kappa shape index (κ1) is 23.4. The summed E-state index contributed by atoms with van der Waals surface area (Å²) in [6.45, 7) is 0.346. The van der Waals surface area contributed by atoms with E-state index in [0.29, 0.717) is 37.4 Å². The highest BCUT2D eigenvalue weighted by atomic mass is 19.4. The molecule has 2 aromatic rings. The van der Waals surface area contributed by atoms with Gasteiger partial charge in [-0.15, -0.1) is 0 Å². The van der Waals surface area contributed by atoms with Gasteiger partial charge >= 0.3 is 12.2 Å². The van der Waals surface area contributed by atoms with Crippen molar-refractivity contribution in [2.45, 2.75) is 31.5 Å². The van der Waals surface area contributed by atoms with Crippen molar-refractivity contribution in [3.63, 3.8) is 0 Å². The van der Waals surface area contributed by atoms with Gasteiger partial charge in [0, 0.05) is 49.8 Å². The van der Waals surface area contributed by atoms with Crippen molar-refractivity contribution in [3.8, 4) is 5.75 Å². The molecule has 1 fully saturated rings. The fourth-order valence-electron chi connectivity index (χ4n) is 3.27. The molecule has 1 aliphatic rings. The predicted octanol–water partition coefficient (Wildman–Crippen LogP) is 4.58. The van der Waals surface area contributed by atoms with Gasteiger partial charge in [0.2, 0.25) is 0 Å². The number of hydrogen-bond acceptors (Lipinski definition) is 3. The maximum absolute atomic E-state index is 13.3. The lowest BCUT2D eigenvalue weighted by Crippen LogP contribution is -2.43. The topological polar surface area (TPSA) is 70.7 Å². The Labute approximate surface area is 182 Å². The van der Waals surface area contributed by atoms with Crippen LogP contribution in [0.25, 0.3) is 0 Å². The Morgan fingerprint density at radius 1 is 1.06 bits per heavy atom. The first-order valence-electron chi connectivity index (χ1n) is 10.1. The van der Waals surface area contributed by atoms with Crippen LogP contribution in [0.2, 0.25) is 0 Å². The lowest BCUT2D eigenvalue weighted by Gasteiger charge is -2.32. The van der Waals surface area contributed by atoms with Crippen LogP contribution in [-0.2, 0) is 0 Å². The number of alkyl halides is 3. The number of urea groups is 1. The van der Waals surface area contributed by atoms with Gasteiger partial charge < -0.3 is 20.3 Å². The van der Waals surface area contributed by atoms with Gasteiger partial charge in [-0.3, -0.25) is 4.79 Å². The van der Waals surface area contributed by atoms with Crippen molar-refractivity contribution in [2.75, 3.05) is 25.0 Å². The number of piperidine rings is 1. The zero-order valence-corrected chi connectivity index (χ0v) is 17.1. The average molecular weight is 453 g/mol. The highest BCUT2D eigenvalue weighted by molar-refractivity contribution is 5.96. The van der Waals surface area contributed by atoms with Crippen molar-refractivity contribution in [3.05, 3.63) is 59.9 Å². The standard InChI is InChI=1S/C22H23F4N3O3/c23-16-4-2-6-19(14-16)32-18-7-11-29(12-8-18)21(31)28-17-5-1-3-15(13-17)20(30)27-10-9-22(24,25)26/h1-6,13-14,18H,7-12H2,(H,27,30)(H,28,31). The molecule has 0 spiro atoms. The average Bonchev–Trinajstić information content (AvgIpc) is 2.73. The molecule has 0 bridgehead atoms. The fourth-order valence-corrected chi connectivity index (χ4v) is 3.27. The molecule has 6 nitrogen and oxygen atoms in total. The Morgan fingerprint density at radius 3 is 2.47 bits per heavy atom. The summed E-state index contributed by atoms with van der Waals surface area (Å²) in [5.41, 5.74) is 0.504. The van der Waals surface area contributed by atoms with Crippen molar-refractivity contribution in [1.82, 2.24) is 10.2 Å². The second kappa shape index (κ2) is 10.3. The van der Waals surface area contributed by atoms with E-state index in [-0.39, 0.29) is 23.5 Å². The van der Waals surface area contributed by atoms with Crippen molar-refractivity contribution < 1.29 is 31.9 Å². The summed E-state index contributed by atoms with van der Waals surface area (Å²) in [7, 11) is 0. The molecule has 0 aromatic heterocycles. The zero-order chi connectivity index (χ0) is 23.1. The molecule has 3 amide bonds. The van der Waals surface area contributed by atoms with Crippen LogP contribution in [0.4, 0.5) is 28.0 Å². The summed E-state index contributed by atoms with van der Waals surface area (Å²) in [4.78, 5) is 26.2. The Morgan fingerprint density at radius 2 is 1.78 bits per heavy atom. The number of rotatable bonds is 6. The summed E-state index contributed by atoms with van der Waals surface area (Å²) >= 11 is 0. The number of likely N-dealkylation sites (tertiary alicyclic amines) is 1. The number of hydrogen-bond donors (Lipinski definition) is 2. The van der Waals surface area contributed by atoms with Crippen LogP contribution in [0, 0.1) is 5.82 Å². The highest BCUT2D eigenvalue weighted by Gasteiger charge is 2.27. The molecule has 0 aliphatic carbocycles. The monoisotopic (exact) mass is 453 g/mol. The van der Waals surface area contributed by atoms with Crippen molar-refractivity contribution in [2.24, 2.45) is 0 Å². The molecule has 0 atom stereocenters. The van der Waals surface area contributed by atoms with Crippen LogP contribution in [0.5, 0.6) is 5.75 Å². The van der Waals surface area contributed by atoms with Crippen molar-refractivity contribution in [1.29, 1.82) is 0 Å². The van der Waals surface area contributed by atoms with Crippen molar-refractivity contribution >= 4 is 17.6 Å². The van der Waals surface area contributed by atoms with E-state index in [4.69, 9.17) is 4.74 Å². The van der Waals surface area contributed by atoms with E-state index in [1.165, 1.54) is 30.3 Å². The number of nitrogens with one attached hydrogen (secondary N) is 2. The Kier molecular flexibility index (Phi) is 7.55. The smallest absolute Gasteiger partial charge is 0.390 e. The quantitative estimate of drug-likeness (QED) is 0.629. The second-order valence-corrected chi connectivity index (χ2v) is 7.39. The van der Waals surface area contributed by atoms with E-state index in [1.807, 2.05) is 0 Å². The van der Waals surface area contributed by atoms with Gasteiger partial charge in [-0.05, 0) is 30.3 Å². The van der Waals surface area contributed by atoms with Crippen LogP contribution in [0.15, 0.2) is 48.5 Å². The predicted molar refractivity (Wildman–Crippen MR) is 110 cm³/mol. The molecule has 32 heavy (non-hydrogen) atoms. The summed E-state index contributed by atoms with van der Waals surface area (Å²) < 4.78 is 55.7. The fraction of sp³-hybridized carbons (Fsp3) is 0.364. The number of carbonyl (C=O) groups excluding carboxylic acids is 2. The van der Waals surface area contributed by atoms with Gasteiger partial charge in [0.15, 0.2) is 0 Å². The minimum atomic E-state index is -4.35. The van der Waals surface area contributed by atoms with Gasteiger partial charge in [0.25, 0.3) is 5.91 Å². The summed E-state index contributed by atoms with van der Waals surface area (Å²) in [6.07, 6.45) is -4.45. The van der Waals surface area contributed by atoms with Gasteiger partial charge in [-0.1, -0.05) is 12.1 Å². The van der Waals surface area contributed by atoms with E-state index < -0.39 is 25.0 Å². The minimum Gasteiger partial charge on any atom is -0.490 e. The number of halogens is 4. The van der Waals surface area contributed by atoms with E-state index in [9.17, 15) is 27.2 Å². The number of carbonyl (C=O) groups is 2. The lowest BCUT2D eigenvalue weighted by atomic mass is 10.1. The maximum Gasteiger partial charge on any atom is 0.390 e. The summed E-state index contributed by atoms with van der Waals surface area (Å²) in [5.74, 6) is -0.588. The molecule has 10 heteroatoms. The van der Waals surface area contributed by atoms with E-state index in [1.54, 1.807) is 23.1 Å². The number of amides is 3. The van der Waals surface area contributed by atoms with Gasteiger partial charge in [0.05, 0.1) is 6.42 Å². The van der Waals surface area contributed by atoms with Gasteiger partial charge in [-0.25, -0.2) is 9.18 Å². The molecule has 0 unspecified atom stereocenters. The number of anilines is 1. The Hall–Kier alpha value is -3.30. The molecule has 0 saturated carbocycles. The van der Waals surface area contributed by atoms with E-state index in [0.717, 1.165) is 0 Å². The number of ether oxygens (including phenoxy) is 1. The molecule has 1 aliphatic heterocycles. The Balaban J connectivity index is 1.48. The summed E-state index contributed by atoms with van der Waals surface area (Å²) in [5, 5.41) is 4.90. The molecule has 2 N–H and O–H groups in total. The van der Waals surface area contributed by atoms with E-state index >= 15 is 0 Å². The summed E-state index contributed by atoms with van der Waals surface area (Å²) in [6, 6.07) is 11.5. The molecular weight excluding hydrogens is 430 g/mol. The van der Waals surface area contributed by atoms with Crippen LogP contribution in [0.3, 0.4) is 0 Å². The molecule has 0 radical (unpaired) electrons. The third kappa shape index (κ3) is 7.14. The molecule has 1 heterocycles. The van der Waals surface area contributed by atoms with Crippen LogP contribution in [0.1, 0.15) is 29.6 Å². The minimum absolute atomic E-state index is 0.135. The van der Waals surface area contributed by atoms with Crippen LogP contribution < -0.4 is 15.4 Å². The highest BCUT2D eigenvalue weighted by Crippen LogP contribution is 2.21. The van der Waals surface area contributed by atoms with Gasteiger partial charge in [-0.2, -0.15) is 13.2 Å². The lowest BCUT2D eigenvalue weighted by molar-refractivity contribution is -0.133. The van der Waals surface area contributed by atoms with Gasteiger partial charge in [0.1, 0.15) is 17.7 Å². The zero-order valence-electron chi connectivity index (χ0n) is 17.1. The molecule has 2 aromatic carbocycles. The number of nitrogens with zero attached hydrogens (tertiary/aromatic N) is 1. The first-order chi connectivity index (χ1) is 15.2. The van der Waals surface area contributed by atoms with Crippen LogP contribution >= 0.6 is 0 Å². The molecule has 172 valence electrons. The third-order valence-electron chi connectivity index (χ3n) is 4.90.